The molecule has 0 spiro atoms. The third kappa shape index (κ3) is 1.37. The Morgan fingerprint density at radius 1 is 1.50 bits per heavy atom. The molecule has 1 aromatic carbocycles. The first-order valence-electron chi connectivity index (χ1n) is 4.08. The van der Waals surface area contributed by atoms with Gasteiger partial charge in [0.15, 0.2) is 0 Å². The molecule has 3 heteroatoms. The van der Waals surface area contributed by atoms with Crippen molar-refractivity contribution < 1.29 is 0 Å². The Morgan fingerprint density at radius 3 is 3.25 bits per heavy atom. The molecular formula is C9H12N2S. The number of nitrogens with one attached hydrogen (secondary N) is 2. The van der Waals surface area contributed by atoms with Gasteiger partial charge in [0.2, 0.25) is 0 Å². The second-order valence-electron chi connectivity index (χ2n) is 2.74. The van der Waals surface area contributed by atoms with E-state index in [-0.39, 0.29) is 0 Å². The molecule has 0 aliphatic carbocycles. The summed E-state index contributed by atoms with van der Waals surface area (Å²) in [4.78, 5) is 1.36. The number of anilines is 2. The van der Waals surface area contributed by atoms with Crippen LogP contribution in [0, 0.1) is 0 Å². The quantitative estimate of drug-likeness (QED) is 0.693. The van der Waals surface area contributed by atoms with Crippen molar-refractivity contribution in [1.82, 2.24) is 0 Å². The van der Waals surface area contributed by atoms with Gasteiger partial charge in [0.25, 0.3) is 0 Å². The van der Waals surface area contributed by atoms with Gasteiger partial charge in [-0.2, -0.15) is 0 Å². The van der Waals surface area contributed by atoms with Crippen LogP contribution in [0.5, 0.6) is 0 Å². The predicted molar refractivity (Wildman–Crippen MR) is 55.2 cm³/mol. The molecule has 0 unspecified atom stereocenters. The number of fused-ring (bicyclic) bond motifs is 1. The average molecular weight is 180 g/mol. The summed E-state index contributed by atoms with van der Waals surface area (Å²) < 4.78 is 0. The fourth-order valence-electron chi connectivity index (χ4n) is 1.30. The summed E-state index contributed by atoms with van der Waals surface area (Å²) in [5.74, 6) is 1.17. The van der Waals surface area contributed by atoms with Crippen molar-refractivity contribution in [3.63, 3.8) is 0 Å². The number of hydrogen-bond donors (Lipinski definition) is 2. The van der Waals surface area contributed by atoms with Crippen LogP contribution in [0.15, 0.2) is 23.1 Å². The minimum Gasteiger partial charge on any atom is -0.388 e. The van der Waals surface area contributed by atoms with Gasteiger partial charge in [-0.05, 0) is 18.2 Å². The molecule has 0 amide bonds. The van der Waals surface area contributed by atoms with Crippen molar-refractivity contribution in [3.05, 3.63) is 18.2 Å². The second kappa shape index (κ2) is 3.27. The highest BCUT2D eigenvalue weighted by Gasteiger charge is 2.08. The molecule has 0 saturated carbocycles. The fourth-order valence-corrected chi connectivity index (χ4v) is 2.17. The van der Waals surface area contributed by atoms with Crippen molar-refractivity contribution in [3.8, 4) is 0 Å². The van der Waals surface area contributed by atoms with Gasteiger partial charge in [0.1, 0.15) is 0 Å². The highest BCUT2D eigenvalue weighted by atomic mass is 32.2. The molecule has 1 aliphatic rings. The SMILES string of the molecule is CNc1ccc2c(c1)NCCS2. The zero-order valence-corrected chi connectivity index (χ0v) is 7.87. The van der Waals surface area contributed by atoms with Gasteiger partial charge in [-0.25, -0.2) is 0 Å². The third-order valence-electron chi connectivity index (χ3n) is 1.94. The Morgan fingerprint density at radius 2 is 2.42 bits per heavy atom. The Kier molecular flexibility index (Phi) is 2.13. The van der Waals surface area contributed by atoms with Crippen LogP contribution in [0.4, 0.5) is 11.4 Å². The first-order valence-corrected chi connectivity index (χ1v) is 5.07. The molecule has 0 fully saturated rings. The lowest BCUT2D eigenvalue weighted by atomic mass is 10.2. The first-order chi connectivity index (χ1) is 5.90. The molecule has 0 radical (unpaired) electrons. The lowest BCUT2D eigenvalue weighted by Gasteiger charge is -2.17. The molecule has 1 aromatic rings. The molecule has 12 heavy (non-hydrogen) atoms. The van der Waals surface area contributed by atoms with E-state index in [1.165, 1.54) is 22.0 Å². The van der Waals surface area contributed by atoms with Crippen molar-refractivity contribution >= 4 is 23.1 Å². The summed E-state index contributed by atoms with van der Waals surface area (Å²) in [5.41, 5.74) is 2.43. The van der Waals surface area contributed by atoms with Gasteiger partial charge in [0, 0.05) is 35.6 Å². The molecule has 0 atom stereocenters. The van der Waals surface area contributed by atoms with Crippen LogP contribution in [-0.4, -0.2) is 19.3 Å². The predicted octanol–water partition coefficient (Wildman–Crippen LogP) is 2.25. The summed E-state index contributed by atoms with van der Waals surface area (Å²) in [5, 5.41) is 6.50. The topological polar surface area (TPSA) is 24.1 Å². The molecule has 64 valence electrons. The van der Waals surface area contributed by atoms with Gasteiger partial charge in [-0.3, -0.25) is 0 Å². The summed E-state index contributed by atoms with van der Waals surface area (Å²) in [6.07, 6.45) is 0. The van der Waals surface area contributed by atoms with E-state index in [2.05, 4.69) is 28.8 Å². The summed E-state index contributed by atoms with van der Waals surface area (Å²) in [6, 6.07) is 6.43. The van der Waals surface area contributed by atoms with Crippen LogP contribution in [0.2, 0.25) is 0 Å². The van der Waals surface area contributed by atoms with Crippen LogP contribution in [0.25, 0.3) is 0 Å². The van der Waals surface area contributed by atoms with E-state index < -0.39 is 0 Å². The Hall–Kier alpha value is -0.830. The minimum atomic E-state index is 1.07. The van der Waals surface area contributed by atoms with E-state index in [1.54, 1.807) is 0 Å². The van der Waals surface area contributed by atoms with Crippen molar-refractivity contribution in [1.29, 1.82) is 0 Å². The van der Waals surface area contributed by atoms with Gasteiger partial charge < -0.3 is 10.6 Å². The molecule has 2 rings (SSSR count). The maximum atomic E-state index is 3.38. The van der Waals surface area contributed by atoms with E-state index in [0.717, 1.165) is 6.54 Å². The molecule has 2 N–H and O–H groups in total. The highest BCUT2D eigenvalue weighted by Crippen LogP contribution is 2.32. The Balaban J connectivity index is 2.36. The lowest BCUT2D eigenvalue weighted by molar-refractivity contribution is 1.17. The number of hydrogen-bond acceptors (Lipinski definition) is 3. The van der Waals surface area contributed by atoms with Crippen molar-refractivity contribution in [2.24, 2.45) is 0 Å². The van der Waals surface area contributed by atoms with E-state index in [0.29, 0.717) is 0 Å². The second-order valence-corrected chi connectivity index (χ2v) is 3.87. The maximum Gasteiger partial charge on any atom is 0.0499 e. The van der Waals surface area contributed by atoms with E-state index in [1.807, 2.05) is 18.8 Å². The molecule has 0 bridgehead atoms. The summed E-state index contributed by atoms with van der Waals surface area (Å²) in [6.45, 7) is 1.07. The fraction of sp³-hybridized carbons (Fsp3) is 0.333. The average Bonchev–Trinajstić information content (AvgIpc) is 2.17. The smallest absolute Gasteiger partial charge is 0.0499 e. The molecule has 1 heterocycles. The Labute approximate surface area is 76.7 Å². The van der Waals surface area contributed by atoms with Crippen molar-refractivity contribution in [2.45, 2.75) is 4.90 Å². The molecule has 2 nitrogen and oxygen atoms in total. The normalized spacial score (nSPS) is 14.8. The zero-order valence-electron chi connectivity index (χ0n) is 7.05. The number of rotatable bonds is 1. The number of thioether (sulfide) groups is 1. The zero-order chi connectivity index (χ0) is 8.39. The van der Waals surface area contributed by atoms with Crippen LogP contribution >= 0.6 is 11.8 Å². The van der Waals surface area contributed by atoms with Crippen molar-refractivity contribution in [2.75, 3.05) is 30.0 Å². The molecule has 0 aromatic heterocycles. The lowest BCUT2D eigenvalue weighted by Crippen LogP contribution is -2.10. The third-order valence-corrected chi connectivity index (χ3v) is 3.02. The van der Waals surface area contributed by atoms with Crippen LogP contribution < -0.4 is 10.6 Å². The van der Waals surface area contributed by atoms with Crippen LogP contribution in [-0.2, 0) is 0 Å². The van der Waals surface area contributed by atoms with E-state index >= 15 is 0 Å². The highest BCUT2D eigenvalue weighted by molar-refractivity contribution is 7.99. The molecule has 1 aliphatic heterocycles. The monoisotopic (exact) mass is 180 g/mol. The summed E-state index contributed by atoms with van der Waals surface area (Å²) in [7, 11) is 1.94. The standard InChI is InChI=1S/C9H12N2S/c1-10-7-2-3-9-8(6-7)11-4-5-12-9/h2-3,6,10-11H,4-5H2,1H3. The van der Waals surface area contributed by atoms with Gasteiger partial charge >= 0.3 is 0 Å². The molecule has 0 saturated heterocycles. The minimum absolute atomic E-state index is 1.07. The molecular weight excluding hydrogens is 168 g/mol. The van der Waals surface area contributed by atoms with Crippen LogP contribution in [0.3, 0.4) is 0 Å². The van der Waals surface area contributed by atoms with Gasteiger partial charge in [-0.15, -0.1) is 11.8 Å². The Bertz CT molecular complexity index is 286. The first kappa shape index (κ1) is 7.80. The number of benzene rings is 1. The van der Waals surface area contributed by atoms with E-state index in [4.69, 9.17) is 0 Å². The van der Waals surface area contributed by atoms with E-state index in [9.17, 15) is 0 Å². The maximum absolute atomic E-state index is 3.38. The van der Waals surface area contributed by atoms with Gasteiger partial charge in [-0.1, -0.05) is 0 Å². The van der Waals surface area contributed by atoms with Crippen LogP contribution in [0.1, 0.15) is 0 Å². The summed E-state index contributed by atoms with van der Waals surface area (Å²) >= 11 is 1.92. The van der Waals surface area contributed by atoms with Gasteiger partial charge in [0.05, 0.1) is 0 Å². The largest absolute Gasteiger partial charge is 0.388 e.